The lowest BCUT2D eigenvalue weighted by atomic mass is 10.2. The highest BCUT2D eigenvalue weighted by Gasteiger charge is 2.33. The van der Waals surface area contributed by atoms with Crippen LogP contribution in [0.5, 0.6) is 5.75 Å². The van der Waals surface area contributed by atoms with Crippen LogP contribution in [0.2, 0.25) is 0 Å². The van der Waals surface area contributed by atoms with Gasteiger partial charge in [0, 0.05) is 12.1 Å². The molecule has 1 heterocycles. The van der Waals surface area contributed by atoms with Gasteiger partial charge in [0.1, 0.15) is 17.3 Å². The molecule has 0 N–H and O–H groups in total. The maximum atomic E-state index is 12.6. The highest BCUT2D eigenvalue weighted by atomic mass is 16.6. The van der Waals surface area contributed by atoms with Crippen LogP contribution in [-0.4, -0.2) is 28.4 Å². The fourth-order valence-corrected chi connectivity index (χ4v) is 2.72. The Bertz CT molecular complexity index is 795. The van der Waals surface area contributed by atoms with Crippen LogP contribution in [0, 0.1) is 24.0 Å². The molecule has 1 saturated carbocycles. The van der Waals surface area contributed by atoms with Crippen molar-refractivity contribution in [2.45, 2.75) is 39.3 Å². The number of rotatable bonds is 7. The first-order valence-electron chi connectivity index (χ1n) is 8.17. The van der Waals surface area contributed by atoms with Crippen LogP contribution >= 0.6 is 0 Å². The minimum absolute atomic E-state index is 0.0185. The molecule has 3 rings (SSSR count). The molecule has 0 unspecified atom stereocenters. The van der Waals surface area contributed by atoms with E-state index in [1.54, 1.807) is 24.0 Å². The average Bonchev–Trinajstić information content (AvgIpc) is 3.33. The summed E-state index contributed by atoms with van der Waals surface area (Å²) >= 11 is 0. The molecule has 7 heteroatoms. The van der Waals surface area contributed by atoms with Gasteiger partial charge in [-0.3, -0.25) is 14.9 Å². The summed E-state index contributed by atoms with van der Waals surface area (Å²) in [4.78, 5) is 24.8. The number of nitro benzene ring substituents is 1. The third-order valence-corrected chi connectivity index (χ3v) is 4.23. The van der Waals surface area contributed by atoms with E-state index < -0.39 is 4.92 Å². The van der Waals surface area contributed by atoms with E-state index in [0.717, 1.165) is 24.4 Å². The van der Waals surface area contributed by atoms with Gasteiger partial charge in [-0.1, -0.05) is 6.07 Å². The molecule has 0 radical (unpaired) electrons. The van der Waals surface area contributed by atoms with Crippen molar-refractivity contribution in [2.24, 2.45) is 0 Å². The Morgan fingerprint density at radius 1 is 1.32 bits per heavy atom. The van der Waals surface area contributed by atoms with Gasteiger partial charge < -0.3 is 14.1 Å². The van der Waals surface area contributed by atoms with Crippen molar-refractivity contribution in [3.63, 3.8) is 0 Å². The number of hydrogen-bond acceptors (Lipinski definition) is 5. The van der Waals surface area contributed by atoms with Crippen LogP contribution in [0.3, 0.4) is 0 Å². The molecule has 0 atom stereocenters. The van der Waals surface area contributed by atoms with Crippen LogP contribution in [0.4, 0.5) is 5.69 Å². The van der Waals surface area contributed by atoms with Crippen LogP contribution in [-0.2, 0) is 11.3 Å². The largest absolute Gasteiger partial charge is 0.483 e. The van der Waals surface area contributed by atoms with Crippen molar-refractivity contribution in [3.05, 3.63) is 57.5 Å². The fraction of sp³-hybridized carbons (Fsp3) is 0.389. The lowest BCUT2D eigenvalue weighted by molar-refractivity contribution is -0.385. The molecule has 7 nitrogen and oxygen atoms in total. The third-order valence-electron chi connectivity index (χ3n) is 4.23. The second kappa shape index (κ2) is 6.96. The Labute approximate surface area is 145 Å². The lowest BCUT2D eigenvalue weighted by Crippen LogP contribution is -2.36. The first-order chi connectivity index (χ1) is 12.0. The summed E-state index contributed by atoms with van der Waals surface area (Å²) in [6, 6.07) is 8.55. The number of aryl methyl sites for hydroxylation is 1. The SMILES string of the molecule is Cc1ccc(CN(C(=O)COc2cccc([N+](=O)[O-])c2C)C2CC2)o1. The van der Waals surface area contributed by atoms with Crippen LogP contribution < -0.4 is 4.74 Å². The quantitative estimate of drug-likeness (QED) is 0.568. The molecule has 0 bridgehead atoms. The Kier molecular flexibility index (Phi) is 4.74. The van der Waals surface area contributed by atoms with Crippen LogP contribution in [0.15, 0.2) is 34.7 Å². The molecular weight excluding hydrogens is 324 g/mol. The summed E-state index contributed by atoms with van der Waals surface area (Å²) in [5, 5.41) is 11.0. The predicted molar refractivity (Wildman–Crippen MR) is 90.3 cm³/mol. The van der Waals surface area contributed by atoms with Crippen molar-refractivity contribution < 1.29 is 18.9 Å². The van der Waals surface area contributed by atoms with Crippen molar-refractivity contribution in [3.8, 4) is 5.75 Å². The average molecular weight is 344 g/mol. The van der Waals surface area contributed by atoms with Gasteiger partial charge in [-0.15, -0.1) is 0 Å². The molecule has 0 saturated heterocycles. The highest BCUT2D eigenvalue weighted by molar-refractivity contribution is 5.78. The van der Waals surface area contributed by atoms with Crippen LogP contribution in [0.25, 0.3) is 0 Å². The molecule has 1 aromatic heterocycles. The standard InChI is InChI=1S/C18H20N2O5/c1-12-6-9-15(25-12)10-19(14-7-8-14)18(21)11-24-17-5-3-4-16(13(17)2)20(22)23/h3-6,9,14H,7-8,10-11H2,1-2H3. The maximum Gasteiger partial charge on any atom is 0.276 e. The van der Waals surface area contributed by atoms with Gasteiger partial charge in [-0.2, -0.15) is 0 Å². The second-order valence-electron chi connectivity index (χ2n) is 6.21. The summed E-state index contributed by atoms with van der Waals surface area (Å²) in [5.41, 5.74) is 0.398. The maximum absolute atomic E-state index is 12.6. The normalized spacial score (nSPS) is 13.5. The first kappa shape index (κ1) is 17.0. The monoisotopic (exact) mass is 344 g/mol. The minimum Gasteiger partial charge on any atom is -0.483 e. The number of carbonyl (C=O) groups is 1. The molecule has 25 heavy (non-hydrogen) atoms. The summed E-state index contributed by atoms with van der Waals surface area (Å²) in [6.45, 7) is 3.73. The van der Waals surface area contributed by atoms with E-state index in [2.05, 4.69) is 0 Å². The zero-order valence-electron chi connectivity index (χ0n) is 14.2. The zero-order valence-corrected chi connectivity index (χ0v) is 14.2. The molecular formula is C18H20N2O5. The molecule has 1 aromatic carbocycles. The molecule has 1 aliphatic rings. The van der Waals surface area contributed by atoms with E-state index in [0.29, 0.717) is 17.9 Å². The van der Waals surface area contributed by atoms with Gasteiger partial charge >= 0.3 is 0 Å². The molecule has 132 valence electrons. The number of furan rings is 1. The Balaban J connectivity index is 1.66. The summed E-state index contributed by atoms with van der Waals surface area (Å²) in [5.74, 6) is 1.75. The van der Waals surface area contributed by atoms with E-state index in [1.165, 1.54) is 6.07 Å². The number of carbonyl (C=O) groups excluding carboxylic acids is 1. The van der Waals surface area contributed by atoms with Crippen molar-refractivity contribution in [1.29, 1.82) is 0 Å². The molecule has 1 amide bonds. The number of amides is 1. The Morgan fingerprint density at radius 3 is 2.68 bits per heavy atom. The lowest BCUT2D eigenvalue weighted by Gasteiger charge is -2.21. The van der Waals surface area contributed by atoms with E-state index >= 15 is 0 Å². The third kappa shape index (κ3) is 3.99. The molecule has 1 aliphatic carbocycles. The summed E-state index contributed by atoms with van der Waals surface area (Å²) in [6.07, 6.45) is 1.95. The molecule has 0 spiro atoms. The smallest absolute Gasteiger partial charge is 0.276 e. The topological polar surface area (TPSA) is 85.8 Å². The van der Waals surface area contributed by atoms with E-state index in [9.17, 15) is 14.9 Å². The second-order valence-corrected chi connectivity index (χ2v) is 6.21. The van der Waals surface area contributed by atoms with Crippen molar-refractivity contribution in [2.75, 3.05) is 6.61 Å². The number of nitro groups is 1. The van der Waals surface area contributed by atoms with E-state index in [-0.39, 0.29) is 24.2 Å². The molecule has 1 fully saturated rings. The van der Waals surface area contributed by atoms with Gasteiger partial charge in [0.25, 0.3) is 11.6 Å². The van der Waals surface area contributed by atoms with Gasteiger partial charge in [0.2, 0.25) is 0 Å². The van der Waals surface area contributed by atoms with Gasteiger partial charge in [0.05, 0.1) is 17.0 Å². The number of hydrogen-bond donors (Lipinski definition) is 0. The minimum atomic E-state index is -0.459. The zero-order chi connectivity index (χ0) is 18.0. The van der Waals surface area contributed by atoms with Crippen molar-refractivity contribution >= 4 is 11.6 Å². The fourth-order valence-electron chi connectivity index (χ4n) is 2.72. The Hall–Kier alpha value is -2.83. The summed E-state index contributed by atoms with van der Waals surface area (Å²) in [7, 11) is 0. The Morgan fingerprint density at radius 2 is 2.08 bits per heavy atom. The summed E-state index contributed by atoms with van der Waals surface area (Å²) < 4.78 is 11.1. The molecule has 2 aromatic rings. The molecule has 0 aliphatic heterocycles. The predicted octanol–water partition coefficient (Wildman–Crippen LogP) is 3.37. The number of benzene rings is 1. The first-order valence-corrected chi connectivity index (χ1v) is 8.17. The van der Waals surface area contributed by atoms with Crippen LogP contribution in [0.1, 0.15) is 29.9 Å². The van der Waals surface area contributed by atoms with Gasteiger partial charge in [0.15, 0.2) is 6.61 Å². The van der Waals surface area contributed by atoms with Gasteiger partial charge in [-0.25, -0.2) is 0 Å². The number of ether oxygens (including phenoxy) is 1. The van der Waals surface area contributed by atoms with Gasteiger partial charge in [-0.05, 0) is 44.9 Å². The van der Waals surface area contributed by atoms with E-state index in [4.69, 9.17) is 9.15 Å². The van der Waals surface area contributed by atoms with E-state index in [1.807, 2.05) is 19.1 Å². The van der Waals surface area contributed by atoms with Crippen molar-refractivity contribution in [1.82, 2.24) is 4.90 Å². The number of nitrogens with zero attached hydrogens (tertiary/aromatic N) is 2. The highest BCUT2D eigenvalue weighted by Crippen LogP contribution is 2.30.